The van der Waals surface area contributed by atoms with Gasteiger partial charge in [0.15, 0.2) is 0 Å². The molecule has 0 aliphatic rings. The van der Waals surface area contributed by atoms with E-state index in [9.17, 15) is 0 Å². The van der Waals surface area contributed by atoms with Crippen molar-refractivity contribution in [3.63, 3.8) is 0 Å². The molecule has 0 fully saturated rings. The molecule has 1 aromatic carbocycles. The Balaban J connectivity index is 2.54. The molecule has 2 rings (SSSR count). The minimum Gasteiger partial charge on any atom is -0.216 e. The lowest BCUT2D eigenvalue weighted by molar-refractivity contribution is 0.564. The van der Waals surface area contributed by atoms with Crippen molar-refractivity contribution in [2.24, 2.45) is 0 Å². The van der Waals surface area contributed by atoms with E-state index in [1.54, 1.807) is 6.26 Å². The highest BCUT2D eigenvalue weighted by atomic mass is 16.3. The molecule has 0 aliphatic heterocycles. The Morgan fingerprint density at radius 1 is 0.867 bits per heavy atom. The van der Waals surface area contributed by atoms with Crippen LogP contribution in [-0.4, -0.2) is 0 Å². The van der Waals surface area contributed by atoms with Crippen LogP contribution in [0, 0.1) is 20.8 Å². The van der Waals surface area contributed by atoms with Crippen LogP contribution < -0.4 is 0 Å². The lowest BCUT2D eigenvalue weighted by atomic mass is 10.0. The van der Waals surface area contributed by atoms with Gasteiger partial charge in [-0.3, -0.25) is 0 Å². The molecular weight excluding hydrogens is 184 g/mol. The lowest BCUT2D eigenvalue weighted by Gasteiger charge is -2.00. The van der Waals surface area contributed by atoms with Gasteiger partial charge in [-0.1, -0.05) is 17.7 Å². The predicted octanol–water partition coefficient (Wildman–Crippen LogP) is 4.15. The number of hydrogen-bond acceptors (Lipinski definition) is 0. The maximum absolute atomic E-state index is 5.51. The standard InChI is InChI=1S/C14H15O/c1-10-4-5-13(12(3)8-10)14-9-11(2)6-7-15-14/h4-9H,1-3H3/q+1. The Morgan fingerprint density at radius 3 is 2.27 bits per heavy atom. The Bertz CT molecular complexity index is 486. The first-order chi connectivity index (χ1) is 7.16. The van der Waals surface area contributed by atoms with E-state index < -0.39 is 0 Å². The first-order valence-corrected chi connectivity index (χ1v) is 5.13. The van der Waals surface area contributed by atoms with Gasteiger partial charge >= 0.3 is 12.0 Å². The van der Waals surface area contributed by atoms with Crippen molar-refractivity contribution in [3.8, 4) is 11.3 Å². The van der Waals surface area contributed by atoms with Gasteiger partial charge in [-0.15, -0.1) is 0 Å². The van der Waals surface area contributed by atoms with Crippen LogP contribution in [0.2, 0.25) is 0 Å². The van der Waals surface area contributed by atoms with Crippen molar-refractivity contribution in [2.45, 2.75) is 20.8 Å². The van der Waals surface area contributed by atoms with E-state index in [1.807, 2.05) is 6.07 Å². The van der Waals surface area contributed by atoms with Gasteiger partial charge in [0, 0.05) is 12.1 Å². The largest absolute Gasteiger partial charge is 0.360 e. The van der Waals surface area contributed by atoms with Crippen LogP contribution in [0.1, 0.15) is 16.7 Å². The first-order valence-electron chi connectivity index (χ1n) is 5.13. The highest BCUT2D eigenvalue weighted by Gasteiger charge is 2.13. The third-order valence-electron chi connectivity index (χ3n) is 2.53. The molecule has 0 amide bonds. The van der Waals surface area contributed by atoms with Crippen molar-refractivity contribution in [1.29, 1.82) is 0 Å². The molecule has 0 saturated carbocycles. The normalized spacial score (nSPS) is 10.3. The average Bonchev–Trinajstić information content (AvgIpc) is 2.17. The summed E-state index contributed by atoms with van der Waals surface area (Å²) in [5.74, 6) is 0.938. The molecular formula is C14H15O+. The molecule has 1 aromatic heterocycles. The summed E-state index contributed by atoms with van der Waals surface area (Å²) in [6, 6.07) is 10.4. The highest BCUT2D eigenvalue weighted by molar-refractivity contribution is 5.62. The molecule has 1 heteroatoms. The summed E-state index contributed by atoms with van der Waals surface area (Å²) in [5.41, 5.74) is 4.92. The monoisotopic (exact) mass is 199 g/mol. The van der Waals surface area contributed by atoms with Crippen LogP contribution in [0.5, 0.6) is 0 Å². The Labute approximate surface area is 90.4 Å². The molecule has 0 aliphatic carbocycles. The van der Waals surface area contributed by atoms with Crippen LogP contribution in [0.15, 0.2) is 41.0 Å². The summed E-state index contributed by atoms with van der Waals surface area (Å²) in [7, 11) is 0. The predicted molar refractivity (Wildman–Crippen MR) is 62.8 cm³/mol. The lowest BCUT2D eigenvalue weighted by Crippen LogP contribution is -1.85. The van der Waals surface area contributed by atoms with Crippen LogP contribution >= 0.6 is 0 Å². The first kappa shape index (κ1) is 9.91. The second-order valence-corrected chi connectivity index (χ2v) is 3.99. The molecule has 1 heterocycles. The minimum atomic E-state index is 0.938. The zero-order valence-electron chi connectivity index (χ0n) is 9.37. The zero-order chi connectivity index (χ0) is 10.8. The Morgan fingerprint density at radius 2 is 1.60 bits per heavy atom. The second kappa shape index (κ2) is 3.85. The summed E-state index contributed by atoms with van der Waals surface area (Å²) in [4.78, 5) is 0. The molecule has 0 bridgehead atoms. The summed E-state index contributed by atoms with van der Waals surface area (Å²) >= 11 is 0. The van der Waals surface area contributed by atoms with Crippen LogP contribution in [0.4, 0.5) is 0 Å². The number of rotatable bonds is 1. The number of aryl methyl sites for hydroxylation is 3. The van der Waals surface area contributed by atoms with E-state index in [-0.39, 0.29) is 0 Å². The van der Waals surface area contributed by atoms with Crippen molar-refractivity contribution < 1.29 is 4.42 Å². The second-order valence-electron chi connectivity index (χ2n) is 3.99. The van der Waals surface area contributed by atoms with E-state index in [0.717, 1.165) is 5.76 Å². The third-order valence-corrected chi connectivity index (χ3v) is 2.53. The summed E-state index contributed by atoms with van der Waals surface area (Å²) in [6.07, 6.45) is 1.74. The van der Waals surface area contributed by atoms with E-state index in [2.05, 4.69) is 45.0 Å². The van der Waals surface area contributed by atoms with Crippen LogP contribution in [-0.2, 0) is 0 Å². The molecule has 2 aromatic rings. The van der Waals surface area contributed by atoms with Gasteiger partial charge in [-0.05, 0) is 38.0 Å². The van der Waals surface area contributed by atoms with Crippen molar-refractivity contribution in [1.82, 2.24) is 0 Å². The molecule has 0 spiro atoms. The summed E-state index contributed by atoms with van der Waals surface area (Å²) in [6.45, 7) is 6.28. The maximum Gasteiger partial charge on any atom is 0.360 e. The van der Waals surface area contributed by atoms with Crippen molar-refractivity contribution >= 4 is 0 Å². The maximum atomic E-state index is 5.51. The van der Waals surface area contributed by atoms with Gasteiger partial charge < -0.3 is 0 Å². The van der Waals surface area contributed by atoms with Gasteiger partial charge in [0.05, 0.1) is 5.56 Å². The molecule has 1 nitrogen and oxygen atoms in total. The van der Waals surface area contributed by atoms with Gasteiger partial charge in [0.2, 0.25) is 0 Å². The smallest absolute Gasteiger partial charge is 0.216 e. The van der Waals surface area contributed by atoms with E-state index in [0.29, 0.717) is 0 Å². The zero-order valence-corrected chi connectivity index (χ0v) is 9.37. The van der Waals surface area contributed by atoms with Crippen LogP contribution in [0.3, 0.4) is 0 Å². The highest BCUT2D eigenvalue weighted by Crippen LogP contribution is 2.24. The molecule has 0 atom stereocenters. The van der Waals surface area contributed by atoms with Gasteiger partial charge in [-0.2, -0.15) is 0 Å². The molecule has 76 valence electrons. The molecule has 15 heavy (non-hydrogen) atoms. The third kappa shape index (κ3) is 2.07. The minimum absolute atomic E-state index is 0.938. The fourth-order valence-electron chi connectivity index (χ4n) is 1.73. The van der Waals surface area contributed by atoms with Gasteiger partial charge in [0.25, 0.3) is 0 Å². The Kier molecular flexibility index (Phi) is 2.55. The molecule has 0 saturated heterocycles. The number of benzene rings is 1. The van der Waals surface area contributed by atoms with E-state index in [4.69, 9.17) is 4.42 Å². The quantitative estimate of drug-likeness (QED) is 0.628. The fraction of sp³-hybridized carbons (Fsp3) is 0.214. The van der Waals surface area contributed by atoms with Gasteiger partial charge in [-0.25, -0.2) is 4.42 Å². The topological polar surface area (TPSA) is 11.3 Å². The summed E-state index contributed by atoms with van der Waals surface area (Å²) < 4.78 is 5.51. The summed E-state index contributed by atoms with van der Waals surface area (Å²) in [5, 5.41) is 0. The molecule has 0 unspecified atom stereocenters. The van der Waals surface area contributed by atoms with Crippen molar-refractivity contribution in [2.75, 3.05) is 0 Å². The van der Waals surface area contributed by atoms with E-state index >= 15 is 0 Å². The molecule has 0 N–H and O–H groups in total. The van der Waals surface area contributed by atoms with Crippen molar-refractivity contribution in [3.05, 3.63) is 53.3 Å². The Hall–Kier alpha value is -1.63. The SMILES string of the molecule is Cc1cc[o+]c(-c2ccc(C)cc2C)c1. The molecule has 0 radical (unpaired) electrons. The van der Waals surface area contributed by atoms with E-state index in [1.165, 1.54) is 22.3 Å². The number of hydrogen-bond donors (Lipinski definition) is 0. The van der Waals surface area contributed by atoms with Gasteiger partial charge in [0.1, 0.15) is 0 Å². The fourth-order valence-corrected chi connectivity index (χ4v) is 1.73. The van der Waals surface area contributed by atoms with Crippen LogP contribution in [0.25, 0.3) is 11.3 Å². The average molecular weight is 199 g/mol.